The lowest BCUT2D eigenvalue weighted by Crippen LogP contribution is -2.57. The third kappa shape index (κ3) is 4.09. The highest BCUT2D eigenvalue weighted by Crippen LogP contribution is 2.16. The van der Waals surface area contributed by atoms with Crippen LogP contribution in [0.4, 0.5) is 0 Å². The number of hydrogen-bond donors (Lipinski definition) is 1. The first-order valence-electron chi connectivity index (χ1n) is 6.92. The van der Waals surface area contributed by atoms with Gasteiger partial charge in [-0.25, -0.2) is 4.84 Å². The van der Waals surface area contributed by atoms with E-state index in [1.54, 1.807) is 0 Å². The number of benzene rings is 1. The quantitative estimate of drug-likeness (QED) is 0.833. The fourth-order valence-corrected chi connectivity index (χ4v) is 2.23. The second-order valence-electron chi connectivity index (χ2n) is 4.58. The zero-order valence-electron chi connectivity index (χ0n) is 12.2. The minimum atomic E-state index is 0.746. The molecule has 1 aromatic carbocycles. The molecule has 1 aromatic rings. The molecule has 0 aliphatic carbocycles. The summed E-state index contributed by atoms with van der Waals surface area (Å²) < 4.78 is 0.746. The standard InChI is InChI=1S/C13H21N2O.C2H6/c1-12-3-5-13(6-4-12)11-15(16-2)9-7-14-8-10-15;1-2/h3-6,14H,7-11H2,1-2H3;1-2H3/q+1;. The van der Waals surface area contributed by atoms with Gasteiger partial charge in [-0.3, -0.25) is 0 Å². The van der Waals surface area contributed by atoms with Crippen molar-refractivity contribution in [2.75, 3.05) is 33.3 Å². The van der Waals surface area contributed by atoms with Crippen molar-refractivity contribution in [1.82, 2.24) is 5.32 Å². The van der Waals surface area contributed by atoms with Crippen molar-refractivity contribution in [2.45, 2.75) is 27.3 Å². The lowest BCUT2D eigenvalue weighted by molar-refractivity contribution is -1.11. The third-order valence-electron chi connectivity index (χ3n) is 3.37. The Kier molecular flexibility index (Phi) is 6.33. The lowest BCUT2D eigenvalue weighted by atomic mass is 10.1. The summed E-state index contributed by atoms with van der Waals surface area (Å²) in [5, 5.41) is 3.37. The van der Waals surface area contributed by atoms with Gasteiger partial charge in [-0.15, -0.1) is 0 Å². The third-order valence-corrected chi connectivity index (χ3v) is 3.37. The van der Waals surface area contributed by atoms with Crippen LogP contribution < -0.4 is 5.32 Å². The van der Waals surface area contributed by atoms with E-state index >= 15 is 0 Å². The molecule has 0 spiro atoms. The van der Waals surface area contributed by atoms with Crippen molar-refractivity contribution in [1.29, 1.82) is 0 Å². The first-order chi connectivity index (χ1) is 8.74. The molecule has 1 N–H and O–H groups in total. The Morgan fingerprint density at radius 2 is 1.67 bits per heavy atom. The number of hydroxylamine groups is 3. The minimum Gasteiger partial charge on any atom is -0.306 e. The molecular weight excluding hydrogens is 224 g/mol. The largest absolute Gasteiger partial charge is 0.306 e. The van der Waals surface area contributed by atoms with E-state index in [4.69, 9.17) is 4.84 Å². The van der Waals surface area contributed by atoms with Crippen LogP contribution in [-0.2, 0) is 11.4 Å². The predicted molar refractivity (Wildman–Crippen MR) is 76.1 cm³/mol. The van der Waals surface area contributed by atoms with E-state index in [1.807, 2.05) is 21.0 Å². The van der Waals surface area contributed by atoms with Gasteiger partial charge in [0, 0.05) is 18.7 Å². The summed E-state index contributed by atoms with van der Waals surface area (Å²) in [6, 6.07) is 8.75. The molecule has 0 unspecified atom stereocenters. The maximum atomic E-state index is 5.71. The smallest absolute Gasteiger partial charge is 0.134 e. The summed E-state index contributed by atoms with van der Waals surface area (Å²) in [6.45, 7) is 11.3. The zero-order chi connectivity index (χ0) is 13.4. The minimum absolute atomic E-state index is 0.746. The summed E-state index contributed by atoms with van der Waals surface area (Å²) in [4.78, 5) is 5.71. The molecule has 0 amide bonds. The van der Waals surface area contributed by atoms with Crippen molar-refractivity contribution >= 4 is 0 Å². The summed E-state index contributed by atoms with van der Waals surface area (Å²) in [5.41, 5.74) is 2.67. The number of nitrogens with one attached hydrogen (secondary N) is 1. The van der Waals surface area contributed by atoms with Gasteiger partial charge in [-0.05, 0) is 6.92 Å². The highest BCUT2D eigenvalue weighted by Gasteiger charge is 2.30. The van der Waals surface area contributed by atoms with Gasteiger partial charge < -0.3 is 5.32 Å². The van der Waals surface area contributed by atoms with Gasteiger partial charge in [-0.1, -0.05) is 43.7 Å². The second kappa shape index (κ2) is 7.52. The van der Waals surface area contributed by atoms with E-state index in [1.165, 1.54) is 11.1 Å². The molecule has 2 rings (SSSR count). The summed E-state index contributed by atoms with van der Waals surface area (Å²) >= 11 is 0. The Morgan fingerprint density at radius 1 is 1.11 bits per heavy atom. The van der Waals surface area contributed by atoms with Crippen LogP contribution in [-0.4, -0.2) is 37.9 Å². The van der Waals surface area contributed by atoms with Crippen molar-refractivity contribution in [3.05, 3.63) is 35.4 Å². The molecule has 1 heterocycles. The van der Waals surface area contributed by atoms with E-state index in [0.717, 1.165) is 37.4 Å². The van der Waals surface area contributed by atoms with Crippen LogP contribution in [0.3, 0.4) is 0 Å². The molecule has 0 saturated carbocycles. The molecule has 1 aliphatic rings. The molecule has 18 heavy (non-hydrogen) atoms. The van der Waals surface area contributed by atoms with E-state index in [9.17, 15) is 0 Å². The van der Waals surface area contributed by atoms with Crippen molar-refractivity contribution in [3.8, 4) is 0 Å². The van der Waals surface area contributed by atoms with Gasteiger partial charge >= 0.3 is 0 Å². The molecule has 0 atom stereocenters. The van der Waals surface area contributed by atoms with Crippen molar-refractivity contribution in [3.63, 3.8) is 0 Å². The van der Waals surface area contributed by atoms with Gasteiger partial charge in [0.25, 0.3) is 0 Å². The van der Waals surface area contributed by atoms with E-state index < -0.39 is 0 Å². The molecule has 1 fully saturated rings. The molecule has 102 valence electrons. The average Bonchev–Trinajstić information content (AvgIpc) is 2.45. The Hall–Kier alpha value is -0.900. The van der Waals surface area contributed by atoms with Crippen LogP contribution in [0.1, 0.15) is 25.0 Å². The summed E-state index contributed by atoms with van der Waals surface area (Å²) in [7, 11) is 1.82. The SMILES string of the molecule is CC.CO[N+]1(Cc2ccc(C)cc2)CCNCC1. The monoisotopic (exact) mass is 251 g/mol. The predicted octanol–water partition coefficient (Wildman–Crippen LogP) is 2.50. The second-order valence-corrected chi connectivity index (χ2v) is 4.58. The summed E-state index contributed by atoms with van der Waals surface area (Å²) in [5.74, 6) is 0. The van der Waals surface area contributed by atoms with Crippen LogP contribution >= 0.6 is 0 Å². The number of nitrogens with zero attached hydrogens (tertiary/aromatic N) is 1. The zero-order valence-corrected chi connectivity index (χ0v) is 12.2. The number of rotatable bonds is 3. The molecule has 3 heteroatoms. The Bertz CT molecular complexity index is 329. The van der Waals surface area contributed by atoms with Gasteiger partial charge in [0.05, 0.1) is 7.11 Å². The van der Waals surface area contributed by atoms with Crippen LogP contribution in [0.15, 0.2) is 24.3 Å². The van der Waals surface area contributed by atoms with Crippen LogP contribution in [0, 0.1) is 6.92 Å². The van der Waals surface area contributed by atoms with Gasteiger partial charge in [0.2, 0.25) is 0 Å². The number of piperazine rings is 1. The van der Waals surface area contributed by atoms with Gasteiger partial charge in [0.15, 0.2) is 0 Å². The van der Waals surface area contributed by atoms with E-state index in [0.29, 0.717) is 0 Å². The highest BCUT2D eigenvalue weighted by molar-refractivity contribution is 5.20. The molecule has 1 saturated heterocycles. The Balaban J connectivity index is 0.000000771. The number of quaternary nitrogens is 1. The first kappa shape index (κ1) is 15.2. The van der Waals surface area contributed by atoms with Crippen LogP contribution in [0.25, 0.3) is 0 Å². The normalized spacial score (nSPS) is 17.8. The number of hydrogen-bond acceptors (Lipinski definition) is 2. The molecule has 0 radical (unpaired) electrons. The molecule has 0 aromatic heterocycles. The van der Waals surface area contributed by atoms with Gasteiger partial charge in [0.1, 0.15) is 19.6 Å². The Labute approximate surface area is 111 Å². The molecule has 0 bridgehead atoms. The van der Waals surface area contributed by atoms with Crippen molar-refractivity contribution in [2.24, 2.45) is 0 Å². The highest BCUT2D eigenvalue weighted by atomic mass is 16.7. The van der Waals surface area contributed by atoms with Gasteiger partial charge in [-0.2, -0.15) is 4.65 Å². The maximum absolute atomic E-state index is 5.71. The fourth-order valence-electron chi connectivity index (χ4n) is 2.23. The van der Waals surface area contributed by atoms with E-state index in [-0.39, 0.29) is 0 Å². The van der Waals surface area contributed by atoms with E-state index in [2.05, 4.69) is 36.5 Å². The lowest BCUT2D eigenvalue weighted by Gasteiger charge is -2.37. The first-order valence-corrected chi connectivity index (χ1v) is 6.92. The molecule has 3 nitrogen and oxygen atoms in total. The van der Waals surface area contributed by atoms with Crippen molar-refractivity contribution < 1.29 is 9.48 Å². The fraction of sp³-hybridized carbons (Fsp3) is 0.600. The summed E-state index contributed by atoms with van der Waals surface area (Å²) in [6.07, 6.45) is 0. The Morgan fingerprint density at radius 3 is 2.17 bits per heavy atom. The maximum Gasteiger partial charge on any atom is 0.134 e. The molecule has 1 aliphatic heterocycles. The van der Waals surface area contributed by atoms with Crippen LogP contribution in [0.2, 0.25) is 0 Å². The topological polar surface area (TPSA) is 21.3 Å². The number of aryl methyl sites for hydroxylation is 1. The van der Waals surface area contributed by atoms with Crippen LogP contribution in [0.5, 0.6) is 0 Å². The molecular formula is C15H27N2O+. The average molecular weight is 251 g/mol.